The fourth-order valence-corrected chi connectivity index (χ4v) is 1.47. The summed E-state index contributed by atoms with van der Waals surface area (Å²) >= 11 is 0. The molecule has 0 spiro atoms. The standard InChI is InChI=1S/C15H15N5O2.ClH/c16-15(19-17-9-11-1-5-13(21)6-2-11)20-18-10-12-3-7-14(22)8-4-12;/h1-10,21-22H,(H3,16,19,20);1H. The van der Waals surface area contributed by atoms with Crippen LogP contribution in [0, 0.1) is 0 Å². The molecule has 0 saturated carbocycles. The highest BCUT2D eigenvalue weighted by molar-refractivity contribution is 5.85. The van der Waals surface area contributed by atoms with Crippen molar-refractivity contribution in [1.29, 1.82) is 0 Å². The van der Waals surface area contributed by atoms with E-state index < -0.39 is 0 Å². The second-order valence-electron chi connectivity index (χ2n) is 4.28. The minimum atomic E-state index is 0. The van der Waals surface area contributed by atoms with Crippen LogP contribution >= 0.6 is 12.4 Å². The number of hydrogen-bond donors (Lipinski definition) is 4. The number of nitrogens with two attached hydrogens (primary N) is 1. The Balaban J connectivity index is 0.00000264. The number of guanidine groups is 1. The van der Waals surface area contributed by atoms with E-state index in [2.05, 4.69) is 20.7 Å². The number of nitrogens with zero attached hydrogens (tertiary/aromatic N) is 3. The van der Waals surface area contributed by atoms with Gasteiger partial charge in [-0.1, -0.05) is 0 Å². The van der Waals surface area contributed by atoms with Crippen molar-refractivity contribution >= 4 is 30.8 Å². The maximum absolute atomic E-state index is 9.15. The first-order chi connectivity index (χ1) is 10.6. The van der Waals surface area contributed by atoms with Gasteiger partial charge in [0.2, 0.25) is 5.96 Å². The summed E-state index contributed by atoms with van der Waals surface area (Å²) < 4.78 is 0. The van der Waals surface area contributed by atoms with E-state index in [0.29, 0.717) is 0 Å². The average Bonchev–Trinajstić information content (AvgIpc) is 2.51. The topological polar surface area (TPSA) is 116 Å². The minimum absolute atomic E-state index is 0. The molecule has 2 aromatic carbocycles. The van der Waals surface area contributed by atoms with Crippen LogP contribution in [-0.4, -0.2) is 28.6 Å². The Labute approximate surface area is 139 Å². The predicted octanol–water partition coefficient (Wildman–Crippen LogP) is 1.79. The third-order valence-electron chi connectivity index (χ3n) is 2.55. The molecule has 0 aromatic heterocycles. The molecule has 8 heteroatoms. The van der Waals surface area contributed by atoms with Crippen molar-refractivity contribution in [1.82, 2.24) is 5.43 Å². The van der Waals surface area contributed by atoms with Gasteiger partial charge in [-0.2, -0.15) is 10.2 Å². The summed E-state index contributed by atoms with van der Waals surface area (Å²) in [6.45, 7) is 0. The van der Waals surface area contributed by atoms with Gasteiger partial charge >= 0.3 is 0 Å². The zero-order valence-electron chi connectivity index (χ0n) is 12.0. The number of halogens is 1. The van der Waals surface area contributed by atoms with Gasteiger partial charge in [-0.05, 0) is 59.7 Å². The van der Waals surface area contributed by atoms with Crippen LogP contribution in [0.4, 0.5) is 0 Å². The number of benzene rings is 2. The van der Waals surface area contributed by atoms with E-state index in [4.69, 9.17) is 15.9 Å². The molecule has 0 fully saturated rings. The minimum Gasteiger partial charge on any atom is -0.508 e. The lowest BCUT2D eigenvalue weighted by atomic mass is 10.2. The lowest BCUT2D eigenvalue weighted by molar-refractivity contribution is 0.475. The van der Waals surface area contributed by atoms with Gasteiger partial charge in [0.1, 0.15) is 11.5 Å². The Bertz CT molecular complexity index is 697. The Morgan fingerprint density at radius 3 is 1.87 bits per heavy atom. The van der Waals surface area contributed by atoms with Gasteiger partial charge in [-0.3, -0.25) is 0 Å². The monoisotopic (exact) mass is 333 g/mol. The van der Waals surface area contributed by atoms with Crippen molar-refractivity contribution in [3.63, 3.8) is 0 Å². The molecule has 23 heavy (non-hydrogen) atoms. The lowest BCUT2D eigenvalue weighted by Gasteiger charge is -1.97. The van der Waals surface area contributed by atoms with Crippen molar-refractivity contribution in [3.8, 4) is 11.5 Å². The van der Waals surface area contributed by atoms with Gasteiger partial charge in [0.25, 0.3) is 0 Å². The smallest absolute Gasteiger partial charge is 0.234 e. The van der Waals surface area contributed by atoms with E-state index >= 15 is 0 Å². The highest BCUT2D eigenvalue weighted by Gasteiger charge is 1.90. The molecule has 0 atom stereocenters. The largest absolute Gasteiger partial charge is 0.508 e. The number of aromatic hydroxyl groups is 2. The lowest BCUT2D eigenvalue weighted by Crippen LogP contribution is -2.26. The van der Waals surface area contributed by atoms with Crippen molar-refractivity contribution in [3.05, 3.63) is 59.7 Å². The van der Waals surface area contributed by atoms with E-state index in [-0.39, 0.29) is 29.9 Å². The number of rotatable bonds is 4. The third-order valence-corrected chi connectivity index (χ3v) is 2.55. The summed E-state index contributed by atoms with van der Waals surface area (Å²) in [6.07, 6.45) is 3.03. The van der Waals surface area contributed by atoms with Gasteiger partial charge in [0, 0.05) is 0 Å². The van der Waals surface area contributed by atoms with Crippen molar-refractivity contribution in [2.75, 3.05) is 0 Å². The summed E-state index contributed by atoms with van der Waals surface area (Å²) in [5.74, 6) is 0.408. The molecule has 0 aliphatic rings. The highest BCUT2D eigenvalue weighted by atomic mass is 35.5. The van der Waals surface area contributed by atoms with E-state index in [1.807, 2.05) is 0 Å². The summed E-state index contributed by atoms with van der Waals surface area (Å²) in [4.78, 5) is 0. The van der Waals surface area contributed by atoms with Crippen LogP contribution in [0.2, 0.25) is 0 Å². The van der Waals surface area contributed by atoms with Crippen molar-refractivity contribution in [2.45, 2.75) is 0 Å². The summed E-state index contributed by atoms with van der Waals surface area (Å²) in [5.41, 5.74) is 9.68. The number of hydrazone groups is 1. The van der Waals surface area contributed by atoms with Crippen molar-refractivity contribution < 1.29 is 10.2 Å². The Morgan fingerprint density at radius 1 is 0.870 bits per heavy atom. The van der Waals surface area contributed by atoms with Gasteiger partial charge < -0.3 is 15.9 Å². The molecule has 0 heterocycles. The molecule has 2 rings (SSSR count). The quantitative estimate of drug-likeness (QED) is 0.388. The molecule has 0 unspecified atom stereocenters. The molecular formula is C15H16ClN5O2. The Hall–Kier alpha value is -3.06. The van der Waals surface area contributed by atoms with Crippen LogP contribution in [0.25, 0.3) is 0 Å². The molecule has 0 saturated heterocycles. The van der Waals surface area contributed by atoms with Crippen LogP contribution in [0.15, 0.2) is 63.8 Å². The second kappa shape index (κ2) is 9.06. The van der Waals surface area contributed by atoms with Gasteiger partial charge in [0.05, 0.1) is 12.4 Å². The zero-order chi connectivity index (χ0) is 15.8. The molecule has 0 amide bonds. The first-order valence-electron chi connectivity index (χ1n) is 6.37. The van der Waals surface area contributed by atoms with Gasteiger partial charge in [-0.15, -0.1) is 17.5 Å². The summed E-state index contributed by atoms with van der Waals surface area (Å²) in [7, 11) is 0. The molecule has 0 bridgehead atoms. The Kier molecular flexibility index (Phi) is 7.09. The predicted molar refractivity (Wildman–Crippen MR) is 93.4 cm³/mol. The van der Waals surface area contributed by atoms with Gasteiger partial charge in [-0.25, -0.2) is 5.43 Å². The fourth-order valence-electron chi connectivity index (χ4n) is 1.47. The molecule has 0 radical (unpaired) electrons. The fraction of sp³-hybridized carbons (Fsp3) is 0. The Morgan fingerprint density at radius 2 is 1.35 bits per heavy atom. The maximum Gasteiger partial charge on any atom is 0.234 e. The van der Waals surface area contributed by atoms with Crippen LogP contribution in [-0.2, 0) is 0 Å². The van der Waals surface area contributed by atoms with Crippen LogP contribution in [0.1, 0.15) is 11.1 Å². The van der Waals surface area contributed by atoms with E-state index in [0.717, 1.165) is 11.1 Å². The zero-order valence-corrected chi connectivity index (χ0v) is 12.8. The van der Waals surface area contributed by atoms with E-state index in [1.165, 1.54) is 12.4 Å². The highest BCUT2D eigenvalue weighted by Crippen LogP contribution is 2.08. The van der Waals surface area contributed by atoms with Crippen LogP contribution in [0.3, 0.4) is 0 Å². The summed E-state index contributed by atoms with van der Waals surface area (Å²) in [5, 5.41) is 29.7. The molecule has 120 valence electrons. The molecule has 5 N–H and O–H groups in total. The third kappa shape index (κ3) is 6.49. The second-order valence-corrected chi connectivity index (χ2v) is 4.28. The first-order valence-corrected chi connectivity index (χ1v) is 6.37. The van der Waals surface area contributed by atoms with E-state index in [1.54, 1.807) is 48.5 Å². The van der Waals surface area contributed by atoms with Crippen molar-refractivity contribution in [2.24, 2.45) is 21.0 Å². The molecule has 0 aliphatic heterocycles. The molecule has 0 aliphatic carbocycles. The molecular weight excluding hydrogens is 318 g/mol. The molecule has 7 nitrogen and oxygen atoms in total. The van der Waals surface area contributed by atoms with Gasteiger partial charge in [0.15, 0.2) is 0 Å². The SMILES string of the molecule is Cl.N/C(=N\N=Cc1ccc(O)cc1)NN=Cc1ccc(O)cc1. The first kappa shape index (κ1) is 18.0. The average molecular weight is 334 g/mol. The number of phenols is 2. The number of nitrogens with one attached hydrogen (secondary N) is 1. The number of hydrogen-bond acceptors (Lipinski definition) is 5. The summed E-state index contributed by atoms with van der Waals surface area (Å²) in [6, 6.07) is 13.0. The normalized spacial score (nSPS) is 11.6. The number of phenolic OH excluding ortho intramolecular Hbond substituents is 2. The van der Waals surface area contributed by atoms with Crippen LogP contribution < -0.4 is 11.2 Å². The maximum atomic E-state index is 9.15. The van der Waals surface area contributed by atoms with Crippen LogP contribution in [0.5, 0.6) is 11.5 Å². The molecule has 2 aromatic rings. The van der Waals surface area contributed by atoms with E-state index in [9.17, 15) is 0 Å².